The fraction of sp³-hybridized carbons (Fsp3) is 1.00. The average Bonchev–Trinajstić information content (AvgIpc) is 3.36. The fourth-order valence-electron chi connectivity index (χ4n) is 6.86. The third-order valence-electron chi connectivity index (χ3n) is 11.3. The Bertz CT molecular complexity index is 1360. The first kappa shape index (κ1) is 87.9. The van der Waals surface area contributed by atoms with Crippen LogP contribution < -0.4 is 29.4 Å². The molecule has 0 aromatic carbocycles. The number of rotatable bonds is 55. The minimum absolute atomic E-state index is 0.0790. The summed E-state index contributed by atoms with van der Waals surface area (Å²) >= 11 is 1.70. The molecule has 0 fully saturated rings. The van der Waals surface area contributed by atoms with Crippen LogP contribution in [-0.2, 0) is 91.6 Å². The van der Waals surface area contributed by atoms with Gasteiger partial charge in [0.1, 0.15) is 0 Å². The van der Waals surface area contributed by atoms with Crippen molar-refractivity contribution in [3.63, 3.8) is 0 Å². The largest absolute Gasteiger partial charge is 0.756 e. The Morgan fingerprint density at radius 1 is 0.263 bits per heavy atom. The van der Waals surface area contributed by atoms with E-state index in [1.807, 2.05) is 13.8 Å². The van der Waals surface area contributed by atoms with Gasteiger partial charge in [-0.25, -0.2) is 12.9 Å². The van der Waals surface area contributed by atoms with Gasteiger partial charge in [-0.2, -0.15) is 0 Å². The summed E-state index contributed by atoms with van der Waals surface area (Å²) in [6.45, 7) is 16.2. The minimum atomic E-state index is -4.90. The van der Waals surface area contributed by atoms with Crippen LogP contribution in [0.4, 0.5) is 0 Å². The van der Waals surface area contributed by atoms with Gasteiger partial charge in [-0.05, 0) is 38.5 Å². The SMILES string of the molecule is CC(C)[O][Ti+4].CCCCCCCCOP(=O)([O-])OP(=O)([O-])OCCCCCCCC.CCCCCCCCOP(=O)([O-])OP(=O)([O-])OCCCCCCCC.CCCCCCCCOP(=O)([O-])OP(=O)([O-])OCCCCCCCC. The third-order valence-corrected chi connectivity index (χ3v) is 19.8. The summed E-state index contributed by atoms with van der Waals surface area (Å²) in [7, 11) is -29.4. The predicted octanol–water partition coefficient (Wildman–Crippen LogP) is 15.0. The van der Waals surface area contributed by atoms with Crippen molar-refractivity contribution in [2.24, 2.45) is 0 Å². The summed E-state index contributed by atoms with van der Waals surface area (Å²) in [6.07, 6.45) is 35.0. The molecule has 6 atom stereocenters. The van der Waals surface area contributed by atoms with E-state index >= 15 is 0 Å². The Balaban J connectivity index is -0.000000518. The quantitative estimate of drug-likeness (QED) is 0.0310. The summed E-state index contributed by atoms with van der Waals surface area (Å²) in [5.74, 6) is 0. The molecule has 0 heterocycles. The summed E-state index contributed by atoms with van der Waals surface area (Å²) in [5, 5.41) is 0. The van der Waals surface area contributed by atoms with E-state index in [-0.39, 0.29) is 39.6 Å². The van der Waals surface area contributed by atoms with Crippen LogP contribution >= 0.6 is 46.9 Å². The van der Waals surface area contributed by atoms with Crippen LogP contribution in [0, 0.1) is 0 Å². The molecule has 0 aliphatic rings. The van der Waals surface area contributed by atoms with Gasteiger partial charge in [0.05, 0.1) is 39.6 Å². The molecular formula is C51H109O22P6Ti-2. The fourth-order valence-corrected chi connectivity index (χ4v) is 13.0. The molecule has 29 heteroatoms. The van der Waals surface area contributed by atoms with Crippen LogP contribution in [-0.4, -0.2) is 45.7 Å². The molecule has 80 heavy (non-hydrogen) atoms. The van der Waals surface area contributed by atoms with Crippen molar-refractivity contribution in [1.82, 2.24) is 0 Å². The van der Waals surface area contributed by atoms with Crippen molar-refractivity contribution in [3.05, 3.63) is 0 Å². The zero-order valence-corrected chi connectivity index (χ0v) is 57.4. The van der Waals surface area contributed by atoms with Crippen LogP contribution in [0.25, 0.3) is 0 Å². The van der Waals surface area contributed by atoms with E-state index in [2.05, 4.69) is 81.6 Å². The Labute approximate surface area is 497 Å². The molecule has 0 bridgehead atoms. The molecular weight excluding hydrogens is 1200 g/mol. The van der Waals surface area contributed by atoms with Gasteiger partial charge >= 0.3 is 44.1 Å². The van der Waals surface area contributed by atoms with E-state index < -0.39 is 46.9 Å². The van der Waals surface area contributed by atoms with Gasteiger partial charge in [0.15, 0.2) is 0 Å². The Hall–Kier alpha value is 1.45. The zero-order valence-electron chi connectivity index (χ0n) is 50.4. The average molecular weight is 1310 g/mol. The smallest absolute Gasteiger partial charge is 0.274 e. The van der Waals surface area contributed by atoms with Crippen LogP contribution in [0.3, 0.4) is 0 Å². The van der Waals surface area contributed by atoms with Gasteiger partial charge < -0.3 is 56.5 Å². The first-order valence-corrected chi connectivity index (χ1v) is 39.4. The number of hydrogen-bond donors (Lipinski definition) is 0. The van der Waals surface area contributed by atoms with Gasteiger partial charge in [-0.3, -0.25) is 27.4 Å². The maximum absolute atomic E-state index is 11.5. The summed E-state index contributed by atoms with van der Waals surface area (Å²) in [4.78, 5) is 69.1. The molecule has 0 saturated heterocycles. The maximum Gasteiger partial charge on any atom is 0.274 e. The van der Waals surface area contributed by atoms with E-state index in [0.717, 1.165) is 193 Å². The molecule has 0 rings (SSSR count). The normalized spacial score (nSPS) is 16.1. The molecule has 0 amide bonds. The molecule has 22 nitrogen and oxygen atoms in total. The Morgan fingerprint density at radius 2 is 0.375 bits per heavy atom. The van der Waals surface area contributed by atoms with Crippen LogP contribution in [0.2, 0.25) is 0 Å². The van der Waals surface area contributed by atoms with E-state index in [9.17, 15) is 56.8 Å². The van der Waals surface area contributed by atoms with Gasteiger partial charge in [0.2, 0.25) is 0 Å². The van der Waals surface area contributed by atoms with Crippen molar-refractivity contribution in [1.29, 1.82) is 0 Å². The molecule has 0 N–H and O–H groups in total. The zero-order chi connectivity index (χ0) is 61.3. The molecule has 481 valence electrons. The molecule has 0 aliphatic carbocycles. The van der Waals surface area contributed by atoms with E-state index in [1.165, 1.54) is 0 Å². The number of hydrogen-bond acceptors (Lipinski definition) is 22. The topological polar surface area (TPSA) is 333 Å². The van der Waals surface area contributed by atoms with E-state index in [4.69, 9.17) is 3.32 Å². The van der Waals surface area contributed by atoms with Gasteiger partial charge in [0, 0.05) is 0 Å². The Kier molecular flexibility index (Phi) is 65.3. The number of phosphoric ester groups is 6. The van der Waals surface area contributed by atoms with Gasteiger partial charge in [-0.1, -0.05) is 234 Å². The first-order valence-electron chi connectivity index (χ1n) is 30.0. The van der Waals surface area contributed by atoms with Crippen molar-refractivity contribution < 1.29 is 121 Å². The molecule has 0 aliphatic heterocycles. The number of phosphoric acid groups is 6. The molecule has 0 radical (unpaired) electrons. The van der Waals surface area contributed by atoms with Crippen LogP contribution in [0.5, 0.6) is 0 Å². The molecule has 0 aromatic rings. The van der Waals surface area contributed by atoms with Crippen molar-refractivity contribution >= 4 is 46.9 Å². The second-order valence-corrected chi connectivity index (χ2v) is 28.9. The molecule has 6 unspecified atom stereocenters. The van der Waals surface area contributed by atoms with Crippen molar-refractivity contribution in [2.45, 2.75) is 293 Å². The first-order chi connectivity index (χ1) is 37.8. The predicted molar refractivity (Wildman–Crippen MR) is 301 cm³/mol. The number of unbranched alkanes of at least 4 members (excludes halogenated alkanes) is 30. The van der Waals surface area contributed by atoms with Crippen LogP contribution in [0.1, 0.15) is 287 Å². The Morgan fingerprint density at radius 3 is 0.487 bits per heavy atom. The summed E-state index contributed by atoms with van der Waals surface area (Å²) in [5.41, 5.74) is 0. The molecule has 0 aromatic heterocycles. The monoisotopic (exact) mass is 1310 g/mol. The van der Waals surface area contributed by atoms with Crippen molar-refractivity contribution in [3.8, 4) is 0 Å². The van der Waals surface area contributed by atoms with Crippen LogP contribution in [0.15, 0.2) is 0 Å². The van der Waals surface area contributed by atoms with Crippen molar-refractivity contribution in [2.75, 3.05) is 39.6 Å². The molecule has 0 spiro atoms. The van der Waals surface area contributed by atoms with Gasteiger partial charge in [-0.15, -0.1) is 0 Å². The molecule has 0 saturated carbocycles. The van der Waals surface area contributed by atoms with E-state index in [1.54, 1.807) is 20.8 Å². The van der Waals surface area contributed by atoms with Gasteiger partial charge in [0.25, 0.3) is 46.9 Å². The second kappa shape index (κ2) is 59.4. The van der Waals surface area contributed by atoms with E-state index in [0.29, 0.717) is 44.6 Å². The third kappa shape index (κ3) is 73.7. The standard InChI is InChI=1S/3C16H36O7P2.C3H7O.Ti/c3*1-3-5-7-9-11-13-15-21-24(17,18)23-25(19,20)22-16-14-12-10-8-6-4-2;1-3(2)4;/h3*3-16H2,1-2H3,(H,17,18)(H,19,20);3H,1-2H3;/q;;;-1;+5/p-6. The summed E-state index contributed by atoms with van der Waals surface area (Å²) < 4.78 is 113. The summed E-state index contributed by atoms with van der Waals surface area (Å²) in [6, 6.07) is 0. The second-order valence-electron chi connectivity index (χ2n) is 19.7. The maximum atomic E-state index is 11.5. The minimum Gasteiger partial charge on any atom is -0.756 e.